The topological polar surface area (TPSA) is 114 Å². The van der Waals surface area contributed by atoms with E-state index in [4.69, 9.17) is 9.47 Å². The van der Waals surface area contributed by atoms with Gasteiger partial charge in [-0.05, 0) is 24.3 Å². The molecule has 0 unspecified atom stereocenters. The van der Waals surface area contributed by atoms with Crippen molar-refractivity contribution in [1.29, 1.82) is 0 Å². The number of thioether (sulfide) groups is 1. The number of aromatic nitrogens is 2. The normalized spacial score (nSPS) is 25.9. The molecule has 0 spiro atoms. The lowest BCUT2D eigenvalue weighted by Crippen LogP contribution is -2.36. The van der Waals surface area contributed by atoms with Gasteiger partial charge in [-0.3, -0.25) is 14.3 Å². The van der Waals surface area contributed by atoms with Crippen molar-refractivity contribution < 1.29 is 19.7 Å². The number of nitrogens with zero attached hydrogens (tertiary/aromatic N) is 1. The van der Waals surface area contributed by atoms with E-state index in [0.29, 0.717) is 5.75 Å². The van der Waals surface area contributed by atoms with Gasteiger partial charge in [0, 0.05) is 17.2 Å². The zero-order chi connectivity index (χ0) is 18.0. The summed E-state index contributed by atoms with van der Waals surface area (Å²) in [4.78, 5) is 26.3. The Morgan fingerprint density at radius 3 is 2.60 bits per heavy atom. The molecule has 0 radical (unpaired) electrons. The molecule has 1 aliphatic rings. The van der Waals surface area contributed by atoms with Gasteiger partial charge in [-0.25, -0.2) is 4.79 Å². The predicted octanol–water partition coefficient (Wildman–Crippen LogP) is -0.0433. The van der Waals surface area contributed by atoms with Gasteiger partial charge in [-0.2, -0.15) is 0 Å². The van der Waals surface area contributed by atoms with Crippen LogP contribution >= 0.6 is 11.8 Å². The number of H-pyrrole nitrogens is 1. The number of aliphatic hydroxyl groups excluding tert-OH is 2. The van der Waals surface area contributed by atoms with Crippen molar-refractivity contribution in [3.63, 3.8) is 0 Å². The van der Waals surface area contributed by atoms with E-state index in [9.17, 15) is 19.8 Å². The van der Waals surface area contributed by atoms with Crippen LogP contribution in [0.3, 0.4) is 0 Å². The van der Waals surface area contributed by atoms with Gasteiger partial charge in [-0.15, -0.1) is 11.8 Å². The van der Waals surface area contributed by atoms with Crippen molar-refractivity contribution in [3.8, 4) is 5.75 Å². The molecule has 1 saturated heterocycles. The zero-order valence-corrected chi connectivity index (χ0v) is 14.2. The summed E-state index contributed by atoms with van der Waals surface area (Å²) < 4.78 is 12.0. The maximum atomic E-state index is 12.1. The number of methoxy groups -OCH3 is 1. The fourth-order valence-electron chi connectivity index (χ4n) is 2.66. The number of nitrogens with one attached hydrogen (secondary N) is 1. The van der Waals surface area contributed by atoms with Gasteiger partial charge in [0.05, 0.1) is 25.1 Å². The third kappa shape index (κ3) is 3.64. The Labute approximate surface area is 147 Å². The molecule has 3 N–H and O–H groups in total. The van der Waals surface area contributed by atoms with E-state index in [2.05, 4.69) is 4.98 Å². The van der Waals surface area contributed by atoms with Gasteiger partial charge >= 0.3 is 5.69 Å². The second-order valence-corrected chi connectivity index (χ2v) is 6.77. The number of ether oxygens (including phenoxy) is 2. The summed E-state index contributed by atoms with van der Waals surface area (Å²) >= 11 is 1.32. The lowest BCUT2D eigenvalue weighted by atomic mass is 10.2. The van der Waals surface area contributed by atoms with Crippen LogP contribution in [0.5, 0.6) is 5.75 Å². The highest BCUT2D eigenvalue weighted by atomic mass is 32.2. The summed E-state index contributed by atoms with van der Waals surface area (Å²) in [5, 5.41) is 19.3. The highest BCUT2D eigenvalue weighted by molar-refractivity contribution is 8.00. The lowest BCUT2D eigenvalue weighted by Gasteiger charge is -2.21. The first-order valence-electron chi connectivity index (χ1n) is 7.60. The van der Waals surface area contributed by atoms with E-state index in [1.54, 1.807) is 19.2 Å². The van der Waals surface area contributed by atoms with E-state index in [-0.39, 0.29) is 6.61 Å². The van der Waals surface area contributed by atoms with Crippen LogP contribution in [-0.4, -0.2) is 50.9 Å². The van der Waals surface area contributed by atoms with E-state index in [0.717, 1.165) is 4.90 Å². The minimum Gasteiger partial charge on any atom is -0.497 e. The Morgan fingerprint density at radius 2 is 2.00 bits per heavy atom. The Balaban J connectivity index is 1.91. The number of aliphatic hydroxyl groups is 2. The van der Waals surface area contributed by atoms with Crippen molar-refractivity contribution in [2.45, 2.75) is 28.6 Å². The first-order valence-corrected chi connectivity index (χ1v) is 8.48. The number of benzene rings is 1. The molecule has 1 fully saturated rings. The van der Waals surface area contributed by atoms with E-state index in [1.165, 1.54) is 28.6 Å². The molecule has 0 aliphatic carbocycles. The quantitative estimate of drug-likeness (QED) is 0.680. The van der Waals surface area contributed by atoms with Crippen molar-refractivity contribution in [3.05, 3.63) is 57.4 Å². The summed E-state index contributed by atoms with van der Waals surface area (Å²) in [5.74, 6) is 0.703. The average molecular weight is 366 g/mol. The van der Waals surface area contributed by atoms with Gasteiger partial charge in [0.25, 0.3) is 5.56 Å². The van der Waals surface area contributed by atoms with Crippen molar-refractivity contribution in [1.82, 2.24) is 9.55 Å². The predicted molar refractivity (Wildman–Crippen MR) is 91.0 cm³/mol. The summed E-state index contributed by atoms with van der Waals surface area (Å²) in [6.45, 7) is -0.380. The van der Waals surface area contributed by atoms with Crippen LogP contribution in [0.2, 0.25) is 0 Å². The van der Waals surface area contributed by atoms with E-state index >= 15 is 0 Å². The average Bonchev–Trinajstić information content (AvgIpc) is 2.92. The molecule has 8 nitrogen and oxygen atoms in total. The molecule has 1 aliphatic heterocycles. The molecule has 0 bridgehead atoms. The number of aromatic amines is 1. The Bertz CT molecular complexity index is 834. The molecule has 3 rings (SSSR count). The molecule has 1 aromatic carbocycles. The van der Waals surface area contributed by atoms with Gasteiger partial charge < -0.3 is 19.7 Å². The fourth-order valence-corrected chi connectivity index (χ4v) is 3.89. The molecular weight excluding hydrogens is 348 g/mol. The Kier molecular flexibility index (Phi) is 5.28. The molecule has 1 aromatic heterocycles. The smallest absolute Gasteiger partial charge is 0.330 e. The number of hydrogen-bond acceptors (Lipinski definition) is 7. The van der Waals surface area contributed by atoms with Gasteiger partial charge in [0.2, 0.25) is 0 Å². The van der Waals surface area contributed by atoms with Crippen LogP contribution in [0.15, 0.2) is 51.0 Å². The lowest BCUT2D eigenvalue weighted by molar-refractivity contribution is -0.0457. The van der Waals surface area contributed by atoms with Gasteiger partial charge in [-0.1, -0.05) is 0 Å². The molecule has 2 aromatic rings. The maximum Gasteiger partial charge on any atom is 0.330 e. The first kappa shape index (κ1) is 17.7. The fraction of sp³-hybridized carbons (Fsp3) is 0.375. The maximum absolute atomic E-state index is 12.1. The molecule has 9 heteroatoms. The largest absolute Gasteiger partial charge is 0.497 e. The third-order valence-corrected chi connectivity index (χ3v) is 5.28. The molecule has 25 heavy (non-hydrogen) atoms. The van der Waals surface area contributed by atoms with Crippen LogP contribution in [0.25, 0.3) is 0 Å². The van der Waals surface area contributed by atoms with Crippen LogP contribution in [0.1, 0.15) is 6.23 Å². The van der Waals surface area contributed by atoms with Gasteiger partial charge in [0.15, 0.2) is 6.23 Å². The second kappa shape index (κ2) is 7.44. The SMILES string of the molecule is COc1ccc(S[C@@H]2[C@H](O)[C@@H](CO)O[C@H]2n2ccc(=O)[nH]c2=O)cc1. The van der Waals surface area contributed by atoms with E-state index in [1.807, 2.05) is 12.1 Å². The molecule has 134 valence electrons. The second-order valence-electron chi connectivity index (χ2n) is 5.51. The minimum atomic E-state index is -0.985. The molecule has 4 atom stereocenters. The van der Waals surface area contributed by atoms with Crippen LogP contribution < -0.4 is 16.0 Å². The minimum absolute atomic E-state index is 0.380. The number of hydrogen-bond donors (Lipinski definition) is 3. The van der Waals surface area contributed by atoms with Crippen LogP contribution in [-0.2, 0) is 4.74 Å². The Morgan fingerprint density at radius 1 is 1.28 bits per heavy atom. The first-order chi connectivity index (χ1) is 12.0. The highest BCUT2D eigenvalue weighted by Crippen LogP contribution is 2.40. The van der Waals surface area contributed by atoms with E-state index < -0.39 is 34.9 Å². The van der Waals surface area contributed by atoms with Crippen LogP contribution in [0, 0.1) is 0 Å². The van der Waals surface area contributed by atoms with Gasteiger partial charge in [0.1, 0.15) is 11.9 Å². The van der Waals surface area contributed by atoms with Crippen molar-refractivity contribution in [2.24, 2.45) is 0 Å². The summed E-state index contributed by atoms with van der Waals surface area (Å²) in [6, 6.07) is 8.44. The van der Waals surface area contributed by atoms with Crippen LogP contribution in [0.4, 0.5) is 0 Å². The molecule has 0 saturated carbocycles. The van der Waals surface area contributed by atoms with Crippen molar-refractivity contribution >= 4 is 11.8 Å². The zero-order valence-electron chi connectivity index (χ0n) is 13.4. The van der Waals surface area contributed by atoms with Crippen molar-refractivity contribution in [2.75, 3.05) is 13.7 Å². The third-order valence-electron chi connectivity index (χ3n) is 3.95. The molecule has 0 amide bonds. The number of rotatable bonds is 5. The highest BCUT2D eigenvalue weighted by Gasteiger charge is 2.45. The monoisotopic (exact) mass is 366 g/mol. The standard InChI is InChI=1S/C16H18N2O6S/c1-23-9-2-4-10(5-3-9)25-14-13(21)11(8-19)24-15(14)18-7-6-12(20)17-16(18)22/h2-7,11,13-15,19,21H,8H2,1H3,(H,17,20,22)/t11-,13-,14-,15-/m1/s1. The summed E-state index contributed by atoms with van der Waals surface area (Å²) in [7, 11) is 1.57. The molecule has 2 heterocycles. The molecular formula is C16H18N2O6S. The summed E-state index contributed by atoms with van der Waals surface area (Å²) in [5.41, 5.74) is -1.15. The summed E-state index contributed by atoms with van der Waals surface area (Å²) in [6.07, 6.45) is -1.32. The Hall–Kier alpha value is -2.07.